The third-order valence-electron chi connectivity index (χ3n) is 3.87. The minimum atomic E-state index is 0. The summed E-state index contributed by atoms with van der Waals surface area (Å²) < 4.78 is 11.6. The van der Waals surface area contributed by atoms with Gasteiger partial charge < -0.3 is 14.8 Å². The van der Waals surface area contributed by atoms with E-state index in [9.17, 15) is 0 Å². The van der Waals surface area contributed by atoms with Gasteiger partial charge in [0.1, 0.15) is 6.61 Å². The minimum Gasteiger partial charge on any atom is -0.490 e. The molecule has 3 nitrogen and oxygen atoms in total. The second kappa shape index (κ2) is 9.54. The summed E-state index contributed by atoms with van der Waals surface area (Å²) in [5.74, 6) is 1.23. The second-order valence-corrected chi connectivity index (χ2v) is 6.69. The van der Waals surface area contributed by atoms with Crippen LogP contribution in [0.25, 0.3) is 0 Å². The van der Waals surface area contributed by atoms with Gasteiger partial charge in [0.05, 0.1) is 11.6 Å². The molecule has 2 aromatic carbocycles. The molecule has 0 saturated heterocycles. The van der Waals surface area contributed by atoms with Gasteiger partial charge >= 0.3 is 0 Å². The lowest BCUT2D eigenvalue weighted by atomic mass is 10.2. The summed E-state index contributed by atoms with van der Waals surface area (Å²) in [7, 11) is 0. The Morgan fingerprint density at radius 3 is 2.52 bits per heavy atom. The van der Waals surface area contributed by atoms with E-state index in [-0.39, 0.29) is 12.4 Å². The van der Waals surface area contributed by atoms with Crippen molar-refractivity contribution in [2.75, 3.05) is 6.61 Å². The van der Waals surface area contributed by atoms with E-state index < -0.39 is 0 Å². The van der Waals surface area contributed by atoms with Crippen molar-refractivity contribution in [2.45, 2.75) is 39.0 Å². The van der Waals surface area contributed by atoms with Crippen LogP contribution < -0.4 is 14.8 Å². The smallest absolute Gasteiger partial charge is 0.180 e. The maximum absolute atomic E-state index is 6.44. The molecule has 25 heavy (non-hydrogen) atoms. The standard InChI is InChI=1S/C19H21Cl2NO2.ClH/c1-2-23-18-10-13(11-22-15-7-8-15)9-17(21)19(18)24-12-14-5-3-4-6-16(14)20;/h3-6,9-10,15,22H,2,7-8,11-12H2,1H3;1H. The zero-order valence-corrected chi connectivity index (χ0v) is 16.4. The molecule has 1 N–H and O–H groups in total. The third-order valence-corrected chi connectivity index (χ3v) is 4.52. The van der Waals surface area contributed by atoms with Crippen LogP contribution in [-0.4, -0.2) is 12.6 Å². The Bertz CT molecular complexity index is 705. The highest BCUT2D eigenvalue weighted by Gasteiger charge is 2.21. The first-order valence-corrected chi connectivity index (χ1v) is 8.97. The van der Waals surface area contributed by atoms with Gasteiger partial charge in [0.2, 0.25) is 0 Å². The van der Waals surface area contributed by atoms with Crippen molar-refractivity contribution >= 4 is 35.6 Å². The molecular weight excluding hydrogens is 381 g/mol. The molecule has 1 aliphatic carbocycles. The predicted octanol–water partition coefficient (Wildman–Crippen LogP) is 5.64. The SMILES string of the molecule is CCOc1cc(CNC2CC2)cc(Cl)c1OCc1ccccc1Cl.Cl. The van der Waals surface area contributed by atoms with Gasteiger partial charge in [-0.2, -0.15) is 0 Å². The molecule has 3 rings (SSSR count). The Balaban J connectivity index is 0.00000225. The number of hydrogen-bond donors (Lipinski definition) is 1. The fourth-order valence-electron chi connectivity index (χ4n) is 2.44. The molecule has 136 valence electrons. The van der Waals surface area contributed by atoms with Crippen LogP contribution in [0.5, 0.6) is 11.5 Å². The number of hydrogen-bond acceptors (Lipinski definition) is 3. The molecule has 0 aromatic heterocycles. The largest absolute Gasteiger partial charge is 0.490 e. The topological polar surface area (TPSA) is 30.5 Å². The molecule has 1 aliphatic rings. The Kier molecular flexibility index (Phi) is 7.70. The van der Waals surface area contributed by atoms with E-state index >= 15 is 0 Å². The van der Waals surface area contributed by atoms with Gasteiger partial charge in [-0.05, 0) is 43.5 Å². The maximum Gasteiger partial charge on any atom is 0.180 e. The number of nitrogens with one attached hydrogen (secondary N) is 1. The Morgan fingerprint density at radius 1 is 1.08 bits per heavy atom. The molecule has 0 unspecified atom stereocenters. The monoisotopic (exact) mass is 401 g/mol. The van der Waals surface area contributed by atoms with Crippen LogP contribution in [0.2, 0.25) is 10.0 Å². The van der Waals surface area contributed by atoms with E-state index in [0.29, 0.717) is 40.8 Å². The van der Waals surface area contributed by atoms with E-state index in [1.54, 1.807) is 0 Å². The van der Waals surface area contributed by atoms with Crippen molar-refractivity contribution in [1.29, 1.82) is 0 Å². The van der Waals surface area contributed by atoms with E-state index in [1.807, 2.05) is 43.3 Å². The summed E-state index contributed by atoms with van der Waals surface area (Å²) in [6.07, 6.45) is 2.51. The fourth-order valence-corrected chi connectivity index (χ4v) is 2.92. The van der Waals surface area contributed by atoms with Crippen molar-refractivity contribution in [1.82, 2.24) is 5.32 Å². The van der Waals surface area contributed by atoms with Crippen LogP contribution in [0.4, 0.5) is 0 Å². The fraction of sp³-hybridized carbons (Fsp3) is 0.368. The minimum absolute atomic E-state index is 0. The summed E-state index contributed by atoms with van der Waals surface area (Å²) in [6.45, 7) is 3.63. The van der Waals surface area contributed by atoms with Crippen molar-refractivity contribution in [3.05, 3.63) is 57.6 Å². The molecule has 0 radical (unpaired) electrons. The first kappa shape index (κ1) is 20.2. The van der Waals surface area contributed by atoms with Crippen molar-refractivity contribution in [2.24, 2.45) is 0 Å². The summed E-state index contributed by atoms with van der Waals surface area (Å²) in [5.41, 5.74) is 2.01. The summed E-state index contributed by atoms with van der Waals surface area (Å²) in [4.78, 5) is 0. The molecule has 0 aliphatic heterocycles. The Hall–Kier alpha value is -1.13. The second-order valence-electron chi connectivity index (χ2n) is 5.87. The van der Waals surface area contributed by atoms with Gasteiger partial charge in [0, 0.05) is 23.2 Å². The van der Waals surface area contributed by atoms with Gasteiger partial charge in [-0.25, -0.2) is 0 Å². The molecule has 1 saturated carbocycles. The van der Waals surface area contributed by atoms with Crippen molar-refractivity contribution in [3.63, 3.8) is 0 Å². The molecular formula is C19H22Cl3NO2. The molecule has 0 atom stereocenters. The third kappa shape index (κ3) is 5.68. The molecule has 2 aromatic rings. The van der Waals surface area contributed by atoms with E-state index in [4.69, 9.17) is 32.7 Å². The quantitative estimate of drug-likeness (QED) is 0.619. The average molecular weight is 403 g/mol. The Labute approximate surface area is 165 Å². The number of ether oxygens (including phenoxy) is 2. The van der Waals surface area contributed by atoms with Gasteiger partial charge in [-0.1, -0.05) is 41.4 Å². The lowest BCUT2D eigenvalue weighted by molar-refractivity contribution is 0.269. The molecule has 0 spiro atoms. The highest BCUT2D eigenvalue weighted by Crippen LogP contribution is 2.37. The average Bonchev–Trinajstić information content (AvgIpc) is 3.38. The van der Waals surface area contributed by atoms with Crippen LogP contribution in [0.15, 0.2) is 36.4 Å². The lowest BCUT2D eigenvalue weighted by Crippen LogP contribution is -2.15. The van der Waals surface area contributed by atoms with E-state index in [2.05, 4.69) is 5.32 Å². The van der Waals surface area contributed by atoms with Crippen LogP contribution >= 0.6 is 35.6 Å². The lowest BCUT2D eigenvalue weighted by Gasteiger charge is -2.16. The van der Waals surface area contributed by atoms with Gasteiger partial charge in [-0.15, -0.1) is 12.4 Å². The van der Waals surface area contributed by atoms with Gasteiger partial charge in [0.15, 0.2) is 11.5 Å². The first-order chi connectivity index (χ1) is 11.7. The number of rotatable bonds is 8. The predicted molar refractivity (Wildman–Crippen MR) is 106 cm³/mol. The first-order valence-electron chi connectivity index (χ1n) is 8.22. The molecule has 0 amide bonds. The number of halogens is 3. The molecule has 6 heteroatoms. The van der Waals surface area contributed by atoms with Crippen molar-refractivity contribution < 1.29 is 9.47 Å². The zero-order chi connectivity index (χ0) is 16.9. The normalized spacial score (nSPS) is 13.2. The number of benzene rings is 2. The summed E-state index contributed by atoms with van der Waals surface area (Å²) in [6, 6.07) is 12.2. The summed E-state index contributed by atoms with van der Waals surface area (Å²) >= 11 is 12.6. The van der Waals surface area contributed by atoms with Crippen LogP contribution in [-0.2, 0) is 13.2 Å². The highest BCUT2D eigenvalue weighted by atomic mass is 35.5. The van der Waals surface area contributed by atoms with Crippen LogP contribution in [0.1, 0.15) is 30.9 Å². The summed E-state index contributed by atoms with van der Waals surface area (Å²) in [5, 5.41) is 4.72. The van der Waals surface area contributed by atoms with Crippen LogP contribution in [0.3, 0.4) is 0 Å². The Morgan fingerprint density at radius 2 is 1.84 bits per heavy atom. The van der Waals surface area contributed by atoms with E-state index in [1.165, 1.54) is 12.8 Å². The molecule has 0 bridgehead atoms. The van der Waals surface area contributed by atoms with Gasteiger partial charge in [0.25, 0.3) is 0 Å². The molecule has 0 heterocycles. The van der Waals surface area contributed by atoms with Crippen LogP contribution in [0, 0.1) is 0 Å². The zero-order valence-electron chi connectivity index (χ0n) is 14.1. The molecule has 1 fully saturated rings. The van der Waals surface area contributed by atoms with Gasteiger partial charge in [-0.3, -0.25) is 0 Å². The highest BCUT2D eigenvalue weighted by molar-refractivity contribution is 6.32. The van der Waals surface area contributed by atoms with Crippen molar-refractivity contribution in [3.8, 4) is 11.5 Å². The van der Waals surface area contributed by atoms with E-state index in [0.717, 1.165) is 17.7 Å². The maximum atomic E-state index is 6.44.